The normalized spacial score (nSPS) is 14.1. The van der Waals surface area contributed by atoms with E-state index in [9.17, 15) is 22.4 Å². The number of hydrogen-bond acceptors (Lipinski definition) is 7. The van der Waals surface area contributed by atoms with Gasteiger partial charge in [0.25, 0.3) is 0 Å². The Morgan fingerprint density at radius 2 is 2.00 bits per heavy atom. The second kappa shape index (κ2) is 9.48. The number of H-pyrrole nitrogens is 1. The summed E-state index contributed by atoms with van der Waals surface area (Å²) in [6, 6.07) is 12.8. The molecule has 39 heavy (non-hydrogen) atoms. The van der Waals surface area contributed by atoms with Crippen LogP contribution in [0.3, 0.4) is 0 Å². The highest BCUT2D eigenvalue weighted by Crippen LogP contribution is 2.35. The molecule has 0 saturated carbocycles. The number of nitrogens with one attached hydrogen (secondary N) is 2. The van der Waals surface area contributed by atoms with Crippen molar-refractivity contribution in [1.82, 2.24) is 19.9 Å². The van der Waals surface area contributed by atoms with Gasteiger partial charge in [-0.05, 0) is 54.3 Å². The number of hydrogen-bond donors (Lipinski definition) is 2. The molecule has 1 aliphatic heterocycles. The predicted molar refractivity (Wildman–Crippen MR) is 147 cm³/mol. The Morgan fingerprint density at radius 1 is 1.18 bits per heavy atom. The largest absolute Gasteiger partial charge is 0.488 e. The van der Waals surface area contributed by atoms with Gasteiger partial charge in [0, 0.05) is 41.1 Å². The first-order valence-corrected chi connectivity index (χ1v) is 13.9. The highest BCUT2D eigenvalue weighted by Gasteiger charge is 2.26. The maximum Gasteiger partial charge on any atom is 0.488 e. The molecule has 1 saturated heterocycles. The van der Waals surface area contributed by atoms with Crippen LogP contribution in [0.4, 0.5) is 3.89 Å². The topological polar surface area (TPSA) is 130 Å². The molecule has 0 spiro atoms. The standard InChI is InChI=1S/C28H24FN5O4S/c1-2-3-4-17-9-23-25(10-22(17)18-8-20(15-31-12-18)38-39(29,36)37)34(19-13-32-14-19)28-26(27(23)35)21-6-5-16(11-30)7-24(21)33-28/h5-10,12,15,19,32-33H,2-4,13-14H2,1H3. The van der Waals surface area contributed by atoms with Crippen LogP contribution in [-0.2, 0) is 16.9 Å². The molecule has 6 rings (SSSR count). The van der Waals surface area contributed by atoms with Gasteiger partial charge in [0.2, 0.25) is 0 Å². The van der Waals surface area contributed by atoms with E-state index in [0.29, 0.717) is 45.0 Å². The van der Waals surface area contributed by atoms with Crippen LogP contribution in [0.15, 0.2) is 53.6 Å². The van der Waals surface area contributed by atoms with Crippen LogP contribution >= 0.6 is 0 Å². The van der Waals surface area contributed by atoms with Crippen LogP contribution < -0.4 is 14.9 Å². The lowest BCUT2D eigenvalue weighted by atomic mass is 9.93. The summed E-state index contributed by atoms with van der Waals surface area (Å²) in [6.07, 6.45) is 5.17. The first-order chi connectivity index (χ1) is 18.8. The summed E-state index contributed by atoms with van der Waals surface area (Å²) in [4.78, 5) is 21.5. The number of benzene rings is 2. The molecule has 0 unspecified atom stereocenters. The second-order valence-corrected chi connectivity index (χ2v) is 10.7. The molecule has 198 valence electrons. The van der Waals surface area contributed by atoms with E-state index < -0.39 is 10.5 Å². The van der Waals surface area contributed by atoms with E-state index in [1.54, 1.807) is 18.3 Å². The van der Waals surface area contributed by atoms with Gasteiger partial charge in [-0.2, -0.15) is 13.7 Å². The van der Waals surface area contributed by atoms with Gasteiger partial charge in [-0.3, -0.25) is 9.78 Å². The quantitative estimate of drug-likeness (QED) is 0.285. The monoisotopic (exact) mass is 545 g/mol. The molecule has 3 aromatic heterocycles. The van der Waals surface area contributed by atoms with Gasteiger partial charge in [-0.25, -0.2) is 0 Å². The van der Waals surface area contributed by atoms with Crippen molar-refractivity contribution in [3.8, 4) is 22.9 Å². The van der Waals surface area contributed by atoms with Crippen LogP contribution in [0.1, 0.15) is 36.9 Å². The third-order valence-corrected chi connectivity index (χ3v) is 7.64. The maximum absolute atomic E-state index is 14.0. The predicted octanol–water partition coefficient (Wildman–Crippen LogP) is 4.65. The van der Waals surface area contributed by atoms with Crippen molar-refractivity contribution < 1.29 is 16.5 Å². The Hall–Kier alpha value is -4.27. The number of pyridine rings is 2. The smallest absolute Gasteiger partial charge is 0.357 e. The zero-order valence-electron chi connectivity index (χ0n) is 21.0. The van der Waals surface area contributed by atoms with Crippen LogP contribution in [0.2, 0.25) is 0 Å². The minimum absolute atomic E-state index is 0.0814. The Labute approximate surface area is 223 Å². The Bertz CT molecular complexity index is 1990. The average Bonchev–Trinajstić information content (AvgIpc) is 3.26. The van der Waals surface area contributed by atoms with Crippen molar-refractivity contribution in [1.29, 1.82) is 5.26 Å². The lowest BCUT2D eigenvalue weighted by molar-refractivity contribution is 0.357. The maximum atomic E-state index is 14.0. The zero-order chi connectivity index (χ0) is 27.3. The lowest BCUT2D eigenvalue weighted by Gasteiger charge is -2.32. The molecule has 1 aliphatic rings. The molecule has 11 heteroatoms. The minimum Gasteiger partial charge on any atom is -0.357 e. The summed E-state index contributed by atoms with van der Waals surface area (Å²) in [6.45, 7) is 3.51. The number of fused-ring (bicyclic) bond motifs is 4. The van der Waals surface area contributed by atoms with Crippen molar-refractivity contribution in [3.05, 3.63) is 70.1 Å². The van der Waals surface area contributed by atoms with Crippen LogP contribution in [-0.4, -0.2) is 36.0 Å². The average molecular weight is 546 g/mol. The van der Waals surface area contributed by atoms with Crippen molar-refractivity contribution in [3.63, 3.8) is 0 Å². The van der Waals surface area contributed by atoms with Crippen molar-refractivity contribution in [2.45, 2.75) is 32.2 Å². The fourth-order valence-electron chi connectivity index (χ4n) is 5.34. The van der Waals surface area contributed by atoms with Gasteiger partial charge in [-0.15, -0.1) is 0 Å². The van der Waals surface area contributed by atoms with E-state index in [0.717, 1.165) is 48.6 Å². The minimum atomic E-state index is -5.21. The number of nitrogens with zero attached hydrogens (tertiary/aromatic N) is 3. The Morgan fingerprint density at radius 3 is 2.69 bits per heavy atom. The van der Waals surface area contributed by atoms with Crippen molar-refractivity contribution in [2.75, 3.05) is 13.1 Å². The van der Waals surface area contributed by atoms with Crippen LogP contribution in [0, 0.1) is 11.3 Å². The highest BCUT2D eigenvalue weighted by atomic mass is 32.3. The number of aromatic nitrogens is 3. The van der Waals surface area contributed by atoms with E-state index in [-0.39, 0.29) is 17.2 Å². The van der Waals surface area contributed by atoms with E-state index >= 15 is 0 Å². The molecular weight excluding hydrogens is 521 g/mol. The van der Waals surface area contributed by atoms with Gasteiger partial charge in [0.15, 0.2) is 11.2 Å². The molecule has 0 amide bonds. The first-order valence-electron chi connectivity index (χ1n) is 12.6. The molecule has 0 atom stereocenters. The summed E-state index contributed by atoms with van der Waals surface area (Å²) >= 11 is 0. The van der Waals surface area contributed by atoms with Crippen molar-refractivity contribution in [2.24, 2.45) is 0 Å². The number of unbranched alkanes of at least 4 members (excludes halogenated alkanes) is 1. The van der Waals surface area contributed by atoms with Gasteiger partial charge >= 0.3 is 10.5 Å². The number of rotatable bonds is 7. The molecule has 0 aliphatic carbocycles. The SMILES string of the molecule is CCCCc1cc2c(=O)c3c4ccc(C#N)cc4[nH]c3n(C3CNC3)c2cc1-c1cncc(OS(=O)(=O)F)c1. The fraction of sp³-hybridized carbons (Fsp3) is 0.250. The molecule has 9 nitrogen and oxygen atoms in total. The van der Waals surface area contributed by atoms with Crippen LogP contribution in [0.25, 0.3) is 44.0 Å². The number of nitriles is 1. The molecule has 2 aromatic carbocycles. The molecule has 5 aromatic rings. The highest BCUT2D eigenvalue weighted by molar-refractivity contribution is 7.81. The first kappa shape index (κ1) is 25.0. The molecule has 0 radical (unpaired) electrons. The Balaban J connectivity index is 1.68. The van der Waals surface area contributed by atoms with E-state index in [4.69, 9.17) is 0 Å². The van der Waals surface area contributed by atoms with E-state index in [1.807, 2.05) is 18.2 Å². The number of halogens is 1. The second-order valence-electron chi connectivity index (χ2n) is 9.75. The molecule has 0 bridgehead atoms. The van der Waals surface area contributed by atoms with E-state index in [2.05, 4.69) is 37.0 Å². The molecule has 2 N–H and O–H groups in total. The summed E-state index contributed by atoms with van der Waals surface area (Å²) in [5, 5.41) is 14.6. The number of aryl methyl sites for hydroxylation is 1. The Kier molecular flexibility index (Phi) is 6.09. The fourth-order valence-corrected chi connectivity index (χ4v) is 5.66. The number of aromatic amines is 1. The molecule has 1 fully saturated rings. The molecule has 4 heterocycles. The van der Waals surface area contributed by atoms with Crippen LogP contribution in [0.5, 0.6) is 5.75 Å². The van der Waals surface area contributed by atoms with Gasteiger partial charge in [0.1, 0.15) is 5.65 Å². The zero-order valence-corrected chi connectivity index (χ0v) is 21.8. The van der Waals surface area contributed by atoms with Gasteiger partial charge < -0.3 is 19.1 Å². The summed E-state index contributed by atoms with van der Waals surface area (Å²) < 4.78 is 42.0. The van der Waals surface area contributed by atoms with E-state index in [1.165, 1.54) is 6.07 Å². The summed E-state index contributed by atoms with van der Waals surface area (Å²) in [5.74, 6) is -0.239. The van der Waals surface area contributed by atoms with Gasteiger partial charge in [0.05, 0.1) is 34.8 Å². The third kappa shape index (κ3) is 4.41. The summed E-state index contributed by atoms with van der Waals surface area (Å²) in [7, 11) is -5.21. The van der Waals surface area contributed by atoms with Crippen molar-refractivity contribution >= 4 is 43.3 Å². The summed E-state index contributed by atoms with van der Waals surface area (Å²) in [5.41, 5.74) is 4.69. The third-order valence-electron chi connectivity index (χ3n) is 7.25. The lowest BCUT2D eigenvalue weighted by Crippen LogP contribution is -2.44. The molecular formula is C28H24FN5O4S. The van der Waals surface area contributed by atoms with Gasteiger partial charge in [-0.1, -0.05) is 23.3 Å².